The maximum atomic E-state index is 13.2. The lowest BCUT2D eigenvalue weighted by atomic mass is 9.78. The van der Waals surface area contributed by atoms with Crippen LogP contribution in [0.1, 0.15) is 91.8 Å². The minimum Gasteiger partial charge on any atom is -0.325 e. The van der Waals surface area contributed by atoms with E-state index in [1.807, 2.05) is 0 Å². The quantitative estimate of drug-likeness (QED) is 0.533. The summed E-state index contributed by atoms with van der Waals surface area (Å²) in [4.78, 5) is 63.1. The van der Waals surface area contributed by atoms with E-state index in [0.717, 1.165) is 25.7 Å². The van der Waals surface area contributed by atoms with Crippen LogP contribution >= 0.6 is 0 Å². The first-order valence-electron chi connectivity index (χ1n) is 11.0. The van der Waals surface area contributed by atoms with Crippen LogP contribution in [0.25, 0.3) is 0 Å². The Morgan fingerprint density at radius 1 is 1.00 bits per heavy atom. The number of hydrogen-bond acceptors (Lipinski definition) is 5. The Kier molecular flexibility index (Phi) is 7.29. The highest BCUT2D eigenvalue weighted by atomic mass is 16.2. The molecule has 0 aromatic heterocycles. The van der Waals surface area contributed by atoms with Gasteiger partial charge in [-0.05, 0) is 25.3 Å². The second-order valence-electron chi connectivity index (χ2n) is 8.30. The van der Waals surface area contributed by atoms with Crippen molar-refractivity contribution >= 4 is 34.7 Å². The van der Waals surface area contributed by atoms with Crippen LogP contribution in [0.2, 0.25) is 0 Å². The van der Waals surface area contributed by atoms with Gasteiger partial charge in [-0.2, -0.15) is 0 Å². The van der Waals surface area contributed by atoms with E-state index in [9.17, 15) is 24.0 Å². The first-order chi connectivity index (χ1) is 14.4. The van der Waals surface area contributed by atoms with E-state index in [-0.39, 0.29) is 53.6 Å². The van der Waals surface area contributed by atoms with E-state index in [1.54, 1.807) is 18.2 Å². The molecule has 1 saturated carbocycles. The fraction of sp³-hybridized carbons (Fsp3) is 0.542. The molecule has 1 amide bonds. The largest absolute Gasteiger partial charge is 0.325 e. The van der Waals surface area contributed by atoms with Crippen molar-refractivity contribution in [1.29, 1.82) is 0 Å². The molecule has 1 fully saturated rings. The van der Waals surface area contributed by atoms with Crippen molar-refractivity contribution in [2.24, 2.45) is 11.8 Å². The fourth-order valence-corrected chi connectivity index (χ4v) is 4.46. The number of ketones is 4. The molecule has 2 unspecified atom stereocenters. The van der Waals surface area contributed by atoms with E-state index in [1.165, 1.54) is 0 Å². The summed E-state index contributed by atoms with van der Waals surface area (Å²) in [6.45, 7) is 2.10. The number of carbonyl (C=O) groups excluding carboxylic acids is 5. The summed E-state index contributed by atoms with van der Waals surface area (Å²) in [5.74, 6) is -2.87. The number of fused-ring (bicyclic) bond motifs is 1. The Hall–Kier alpha value is -2.63. The third-order valence-electron chi connectivity index (χ3n) is 6.10. The number of unbranched alkanes of at least 4 members (excludes halogenated alkanes) is 3. The van der Waals surface area contributed by atoms with E-state index < -0.39 is 17.6 Å². The van der Waals surface area contributed by atoms with Gasteiger partial charge in [-0.1, -0.05) is 38.3 Å². The predicted octanol–water partition coefficient (Wildman–Crippen LogP) is 4.31. The summed E-state index contributed by atoms with van der Waals surface area (Å²) >= 11 is 0. The topological polar surface area (TPSA) is 97.4 Å². The van der Waals surface area contributed by atoms with Crippen LogP contribution in [0.15, 0.2) is 18.2 Å². The van der Waals surface area contributed by atoms with Crippen molar-refractivity contribution in [1.82, 2.24) is 0 Å². The second kappa shape index (κ2) is 9.92. The van der Waals surface area contributed by atoms with Crippen LogP contribution in [0.4, 0.5) is 5.69 Å². The lowest BCUT2D eigenvalue weighted by molar-refractivity contribution is -0.126. The molecule has 0 bridgehead atoms. The molecule has 6 nitrogen and oxygen atoms in total. The molecule has 0 spiro atoms. The van der Waals surface area contributed by atoms with Gasteiger partial charge >= 0.3 is 0 Å². The lowest BCUT2D eigenvalue weighted by Crippen LogP contribution is -2.33. The van der Waals surface area contributed by atoms with Crippen molar-refractivity contribution in [3.8, 4) is 0 Å². The fourth-order valence-electron chi connectivity index (χ4n) is 4.46. The minimum atomic E-state index is -1.08. The number of anilines is 1. The molecule has 1 N–H and O–H groups in total. The molecule has 2 atom stereocenters. The number of amides is 1. The van der Waals surface area contributed by atoms with Crippen molar-refractivity contribution < 1.29 is 24.0 Å². The van der Waals surface area contributed by atoms with Crippen LogP contribution < -0.4 is 5.32 Å². The first-order valence-corrected chi connectivity index (χ1v) is 11.0. The lowest BCUT2D eigenvalue weighted by Gasteiger charge is -2.22. The third kappa shape index (κ3) is 4.74. The molecule has 0 radical (unpaired) electrons. The summed E-state index contributed by atoms with van der Waals surface area (Å²) in [5.41, 5.74) is 0.800. The van der Waals surface area contributed by atoms with E-state index in [2.05, 4.69) is 12.2 Å². The predicted molar refractivity (Wildman–Crippen MR) is 113 cm³/mol. The molecule has 0 saturated heterocycles. The molecular formula is C24H29NO5. The van der Waals surface area contributed by atoms with Gasteiger partial charge in [0.25, 0.3) is 0 Å². The number of Topliss-reactive ketones (excluding diaryl/α,β-unsaturated/α-hetero) is 4. The molecule has 30 heavy (non-hydrogen) atoms. The average Bonchev–Trinajstić information content (AvgIpc) is 2.96. The van der Waals surface area contributed by atoms with Crippen LogP contribution in [-0.4, -0.2) is 29.0 Å². The van der Waals surface area contributed by atoms with Gasteiger partial charge in [-0.25, -0.2) is 0 Å². The first kappa shape index (κ1) is 22.1. The average molecular weight is 411 g/mol. The zero-order valence-corrected chi connectivity index (χ0v) is 17.5. The van der Waals surface area contributed by atoms with Crippen molar-refractivity contribution in [3.05, 3.63) is 29.3 Å². The van der Waals surface area contributed by atoms with Gasteiger partial charge in [0.1, 0.15) is 11.6 Å². The number of rotatable bonds is 7. The summed E-state index contributed by atoms with van der Waals surface area (Å²) in [6.07, 6.45) is 5.75. The molecule has 160 valence electrons. The molecular weight excluding hydrogens is 382 g/mol. The van der Waals surface area contributed by atoms with Crippen LogP contribution in [-0.2, 0) is 14.4 Å². The van der Waals surface area contributed by atoms with Gasteiger partial charge in [0, 0.05) is 37.2 Å². The van der Waals surface area contributed by atoms with Crippen LogP contribution in [0.5, 0.6) is 0 Å². The summed E-state index contributed by atoms with van der Waals surface area (Å²) in [5, 5.41) is 2.78. The van der Waals surface area contributed by atoms with Crippen molar-refractivity contribution in [2.75, 3.05) is 5.32 Å². The van der Waals surface area contributed by atoms with E-state index in [4.69, 9.17) is 0 Å². The molecule has 1 aromatic rings. The maximum Gasteiger partial charge on any atom is 0.224 e. The van der Waals surface area contributed by atoms with Crippen LogP contribution in [0.3, 0.4) is 0 Å². The summed E-state index contributed by atoms with van der Waals surface area (Å²) in [6, 6.07) is 4.84. The summed E-state index contributed by atoms with van der Waals surface area (Å²) < 4.78 is 0. The number of carbonyl (C=O) groups is 5. The monoisotopic (exact) mass is 411 g/mol. The maximum absolute atomic E-state index is 13.2. The molecule has 6 heteroatoms. The van der Waals surface area contributed by atoms with Crippen LogP contribution in [0, 0.1) is 11.8 Å². The molecule has 1 aromatic carbocycles. The smallest absolute Gasteiger partial charge is 0.224 e. The zero-order chi connectivity index (χ0) is 21.7. The molecule has 2 aliphatic carbocycles. The van der Waals surface area contributed by atoms with Gasteiger partial charge < -0.3 is 5.32 Å². The minimum absolute atomic E-state index is 0.0685. The number of hydrogen-bond donors (Lipinski definition) is 1. The Labute approximate surface area is 176 Å². The van der Waals surface area contributed by atoms with Gasteiger partial charge in [0.2, 0.25) is 5.91 Å². The Morgan fingerprint density at radius 3 is 2.57 bits per heavy atom. The molecule has 0 heterocycles. The summed E-state index contributed by atoms with van der Waals surface area (Å²) in [7, 11) is 0. The number of nitrogens with one attached hydrogen (secondary N) is 1. The number of benzene rings is 1. The van der Waals surface area contributed by atoms with Gasteiger partial charge in [-0.3, -0.25) is 24.0 Å². The van der Waals surface area contributed by atoms with E-state index >= 15 is 0 Å². The molecule has 2 aliphatic rings. The molecule has 0 aliphatic heterocycles. The standard InChI is InChI=1S/C24H29NO5/c1-2-3-4-5-12-20(28)25-18-10-7-9-17-21(18)24(30)22(23(17)29)16-14-13-15(26)8-6-11-19(16)27/h7,9-10,16,22H,2-6,8,11-14H2,1H3,(H,25,28). The Morgan fingerprint density at radius 2 is 1.80 bits per heavy atom. The Bertz CT molecular complexity index is 872. The van der Waals surface area contributed by atoms with E-state index in [0.29, 0.717) is 24.9 Å². The van der Waals surface area contributed by atoms with Gasteiger partial charge in [0.15, 0.2) is 11.6 Å². The Balaban J connectivity index is 1.79. The second-order valence-corrected chi connectivity index (χ2v) is 8.30. The molecule has 3 rings (SSSR count). The third-order valence-corrected chi connectivity index (χ3v) is 6.10. The SMILES string of the molecule is CCCCCCC(=O)Nc1cccc2c1C(=O)C(C1CCC(=O)CCCC1=O)C2=O. The van der Waals surface area contributed by atoms with Gasteiger partial charge in [0.05, 0.1) is 17.2 Å². The normalized spacial score (nSPS) is 21.9. The highest BCUT2D eigenvalue weighted by molar-refractivity contribution is 6.30. The zero-order valence-electron chi connectivity index (χ0n) is 17.5. The van der Waals surface area contributed by atoms with Gasteiger partial charge in [-0.15, -0.1) is 0 Å². The van der Waals surface area contributed by atoms with Crippen molar-refractivity contribution in [2.45, 2.75) is 71.1 Å². The highest BCUT2D eigenvalue weighted by Crippen LogP contribution is 2.39. The highest BCUT2D eigenvalue weighted by Gasteiger charge is 2.47. The van der Waals surface area contributed by atoms with Crippen molar-refractivity contribution in [3.63, 3.8) is 0 Å².